The summed E-state index contributed by atoms with van der Waals surface area (Å²) >= 11 is 0. The van der Waals surface area contributed by atoms with Crippen LogP contribution in [-0.4, -0.2) is 42.4 Å². The van der Waals surface area contributed by atoms with Crippen molar-refractivity contribution in [2.75, 3.05) is 26.7 Å². The standard InChI is InChI=1S/C18H30N2O2/c1-6-9-19(5)18(21)17-14(4)22-16-8-11-20(12-15(16)17)10-7-13(2)3/h13H,6-12H2,1-5H3. The van der Waals surface area contributed by atoms with Crippen LogP contribution in [0.1, 0.15) is 61.1 Å². The van der Waals surface area contributed by atoms with Crippen molar-refractivity contribution in [3.63, 3.8) is 0 Å². The zero-order chi connectivity index (χ0) is 16.3. The van der Waals surface area contributed by atoms with Crippen LogP contribution in [-0.2, 0) is 13.0 Å². The van der Waals surface area contributed by atoms with Crippen molar-refractivity contribution in [2.45, 2.75) is 53.5 Å². The van der Waals surface area contributed by atoms with Gasteiger partial charge in [-0.15, -0.1) is 0 Å². The van der Waals surface area contributed by atoms with Gasteiger partial charge >= 0.3 is 0 Å². The van der Waals surface area contributed by atoms with Crippen molar-refractivity contribution in [2.24, 2.45) is 5.92 Å². The highest BCUT2D eigenvalue weighted by molar-refractivity contribution is 5.96. The second kappa shape index (κ2) is 7.32. The molecule has 0 bridgehead atoms. The van der Waals surface area contributed by atoms with E-state index < -0.39 is 0 Å². The number of rotatable bonds is 6. The lowest BCUT2D eigenvalue weighted by molar-refractivity contribution is 0.0791. The van der Waals surface area contributed by atoms with E-state index in [4.69, 9.17) is 4.42 Å². The van der Waals surface area contributed by atoms with Gasteiger partial charge in [-0.3, -0.25) is 9.69 Å². The molecule has 4 heteroatoms. The number of nitrogens with zero attached hydrogens (tertiary/aromatic N) is 2. The average molecular weight is 306 g/mol. The summed E-state index contributed by atoms with van der Waals surface area (Å²) in [7, 11) is 1.88. The number of hydrogen-bond acceptors (Lipinski definition) is 3. The molecule has 0 aliphatic carbocycles. The monoisotopic (exact) mass is 306 g/mol. The topological polar surface area (TPSA) is 36.7 Å². The third-order valence-electron chi connectivity index (χ3n) is 4.45. The third-order valence-corrected chi connectivity index (χ3v) is 4.45. The minimum absolute atomic E-state index is 0.107. The molecular weight excluding hydrogens is 276 g/mol. The van der Waals surface area contributed by atoms with Crippen LogP contribution >= 0.6 is 0 Å². The number of carbonyl (C=O) groups excluding carboxylic acids is 1. The summed E-state index contributed by atoms with van der Waals surface area (Å²) in [5.74, 6) is 2.62. The molecular formula is C18H30N2O2. The fourth-order valence-corrected chi connectivity index (χ4v) is 3.12. The molecule has 1 amide bonds. The highest BCUT2D eigenvalue weighted by Crippen LogP contribution is 2.29. The van der Waals surface area contributed by atoms with Crippen LogP contribution in [0.5, 0.6) is 0 Å². The lowest BCUT2D eigenvalue weighted by Crippen LogP contribution is -2.34. The smallest absolute Gasteiger partial charge is 0.257 e. The number of amides is 1. The van der Waals surface area contributed by atoms with Crippen molar-refractivity contribution < 1.29 is 9.21 Å². The third kappa shape index (κ3) is 3.72. The summed E-state index contributed by atoms with van der Waals surface area (Å²) in [4.78, 5) is 17.0. The van der Waals surface area contributed by atoms with Crippen molar-refractivity contribution in [3.8, 4) is 0 Å². The highest BCUT2D eigenvalue weighted by atomic mass is 16.3. The minimum Gasteiger partial charge on any atom is -0.465 e. The van der Waals surface area contributed by atoms with Gasteiger partial charge in [0.25, 0.3) is 5.91 Å². The first-order chi connectivity index (χ1) is 10.4. The Hall–Kier alpha value is -1.29. The van der Waals surface area contributed by atoms with Crippen LogP contribution in [0.4, 0.5) is 0 Å². The molecule has 2 heterocycles. The summed E-state index contributed by atoms with van der Waals surface area (Å²) in [6.45, 7) is 12.3. The second-order valence-corrected chi connectivity index (χ2v) is 6.87. The van der Waals surface area contributed by atoms with E-state index in [1.165, 1.54) is 6.42 Å². The Labute approximate surface area is 134 Å². The van der Waals surface area contributed by atoms with Crippen LogP contribution in [0.25, 0.3) is 0 Å². The molecule has 0 spiro atoms. The Morgan fingerprint density at radius 1 is 1.41 bits per heavy atom. The summed E-state index contributed by atoms with van der Waals surface area (Å²) in [5.41, 5.74) is 1.93. The molecule has 1 aliphatic rings. The van der Waals surface area contributed by atoms with Gasteiger partial charge in [-0.1, -0.05) is 20.8 Å². The molecule has 0 saturated carbocycles. The molecule has 1 aromatic rings. The molecule has 1 aromatic heterocycles. The number of aryl methyl sites for hydroxylation is 1. The van der Waals surface area contributed by atoms with Crippen LogP contribution < -0.4 is 0 Å². The normalized spacial score (nSPS) is 15.2. The maximum absolute atomic E-state index is 12.7. The molecule has 22 heavy (non-hydrogen) atoms. The first-order valence-corrected chi connectivity index (χ1v) is 8.53. The number of furan rings is 1. The van der Waals surface area contributed by atoms with E-state index in [-0.39, 0.29) is 5.91 Å². The van der Waals surface area contributed by atoms with Gasteiger partial charge in [0.2, 0.25) is 0 Å². The predicted octanol–water partition coefficient (Wildman–Crippen LogP) is 3.47. The van der Waals surface area contributed by atoms with Crippen molar-refractivity contribution in [3.05, 3.63) is 22.6 Å². The number of carbonyl (C=O) groups is 1. The van der Waals surface area contributed by atoms with Crippen LogP contribution in [0.15, 0.2) is 4.42 Å². The van der Waals surface area contributed by atoms with E-state index in [2.05, 4.69) is 25.7 Å². The van der Waals surface area contributed by atoms with Crippen LogP contribution in [0.3, 0.4) is 0 Å². The Morgan fingerprint density at radius 2 is 2.14 bits per heavy atom. The van der Waals surface area contributed by atoms with Gasteiger partial charge in [0.1, 0.15) is 11.5 Å². The Balaban J connectivity index is 2.17. The van der Waals surface area contributed by atoms with Crippen molar-refractivity contribution >= 4 is 5.91 Å². The predicted molar refractivity (Wildman–Crippen MR) is 89.1 cm³/mol. The van der Waals surface area contributed by atoms with Gasteiger partial charge in [-0.05, 0) is 32.2 Å². The molecule has 0 saturated heterocycles. The SMILES string of the molecule is CCCN(C)C(=O)c1c(C)oc2c1CN(CCC(C)C)CC2. The lowest BCUT2D eigenvalue weighted by Gasteiger charge is -2.27. The Kier molecular flexibility index (Phi) is 5.68. The molecule has 4 nitrogen and oxygen atoms in total. The maximum atomic E-state index is 12.7. The summed E-state index contributed by atoms with van der Waals surface area (Å²) in [6, 6.07) is 0. The summed E-state index contributed by atoms with van der Waals surface area (Å²) in [5, 5.41) is 0. The van der Waals surface area contributed by atoms with E-state index >= 15 is 0 Å². The average Bonchev–Trinajstić information content (AvgIpc) is 2.79. The first-order valence-electron chi connectivity index (χ1n) is 8.53. The molecule has 0 fully saturated rings. The van der Waals surface area contributed by atoms with Gasteiger partial charge in [-0.25, -0.2) is 0 Å². The molecule has 0 unspecified atom stereocenters. The summed E-state index contributed by atoms with van der Waals surface area (Å²) in [6.07, 6.45) is 3.09. The molecule has 124 valence electrons. The Bertz CT molecular complexity index is 519. The largest absolute Gasteiger partial charge is 0.465 e. The van der Waals surface area contributed by atoms with E-state index in [9.17, 15) is 4.79 Å². The zero-order valence-electron chi connectivity index (χ0n) is 14.7. The van der Waals surface area contributed by atoms with Crippen LogP contribution in [0.2, 0.25) is 0 Å². The Morgan fingerprint density at radius 3 is 2.77 bits per heavy atom. The lowest BCUT2D eigenvalue weighted by atomic mass is 10.0. The molecule has 1 aliphatic heterocycles. The van der Waals surface area contributed by atoms with Crippen molar-refractivity contribution in [1.29, 1.82) is 0 Å². The zero-order valence-corrected chi connectivity index (χ0v) is 14.7. The van der Waals surface area contributed by atoms with Crippen molar-refractivity contribution in [1.82, 2.24) is 9.80 Å². The fourth-order valence-electron chi connectivity index (χ4n) is 3.12. The van der Waals surface area contributed by atoms with Crippen LogP contribution in [0, 0.1) is 12.8 Å². The highest BCUT2D eigenvalue weighted by Gasteiger charge is 2.29. The molecule has 0 N–H and O–H groups in total. The van der Waals surface area contributed by atoms with Gasteiger partial charge in [0.15, 0.2) is 0 Å². The summed E-state index contributed by atoms with van der Waals surface area (Å²) < 4.78 is 5.89. The number of fused-ring (bicyclic) bond motifs is 1. The number of hydrogen-bond donors (Lipinski definition) is 0. The molecule has 2 rings (SSSR count). The molecule has 0 aromatic carbocycles. The first kappa shape index (κ1) is 17.1. The fraction of sp³-hybridized carbons (Fsp3) is 0.722. The maximum Gasteiger partial charge on any atom is 0.257 e. The van der Waals surface area contributed by atoms with E-state index in [1.807, 2.05) is 18.9 Å². The second-order valence-electron chi connectivity index (χ2n) is 6.87. The van der Waals surface area contributed by atoms with E-state index in [0.717, 1.165) is 61.7 Å². The minimum atomic E-state index is 0.107. The van der Waals surface area contributed by atoms with Gasteiger partial charge in [0.05, 0.1) is 5.56 Å². The van der Waals surface area contributed by atoms with E-state index in [0.29, 0.717) is 5.92 Å². The van der Waals surface area contributed by atoms with Gasteiger partial charge in [-0.2, -0.15) is 0 Å². The quantitative estimate of drug-likeness (QED) is 0.807. The van der Waals surface area contributed by atoms with Gasteiger partial charge in [0, 0.05) is 38.7 Å². The molecule has 0 atom stereocenters. The van der Waals surface area contributed by atoms with E-state index in [1.54, 1.807) is 0 Å². The molecule has 0 radical (unpaired) electrons. The van der Waals surface area contributed by atoms with Gasteiger partial charge < -0.3 is 9.32 Å².